The van der Waals surface area contributed by atoms with Crippen LogP contribution < -0.4 is 14.8 Å². The predicted molar refractivity (Wildman–Crippen MR) is 113 cm³/mol. The fourth-order valence-electron chi connectivity index (χ4n) is 2.68. The van der Waals surface area contributed by atoms with Gasteiger partial charge in [0.1, 0.15) is 11.5 Å². The molecule has 0 spiro atoms. The fourth-order valence-corrected chi connectivity index (χ4v) is 3.64. The largest absolute Gasteiger partial charge is 0.496 e. The highest BCUT2D eigenvalue weighted by Crippen LogP contribution is 2.25. The second-order valence-electron chi connectivity index (χ2n) is 7.00. The number of hydrogen-bond acceptors (Lipinski definition) is 5. The zero-order valence-corrected chi connectivity index (χ0v) is 18.2. The lowest BCUT2D eigenvalue weighted by Crippen LogP contribution is -2.22. The molecule has 0 aliphatic heterocycles. The summed E-state index contributed by atoms with van der Waals surface area (Å²) in [5.74, 6) is 1.11. The number of methoxy groups -OCH3 is 1. The molecule has 0 atom stereocenters. The van der Waals surface area contributed by atoms with Gasteiger partial charge in [0.25, 0.3) is 0 Å². The van der Waals surface area contributed by atoms with Gasteiger partial charge >= 0.3 is 0 Å². The molecule has 0 fully saturated rings. The summed E-state index contributed by atoms with van der Waals surface area (Å²) in [6.07, 6.45) is 0.615. The first-order valence-corrected chi connectivity index (χ1v) is 10.7. The van der Waals surface area contributed by atoms with E-state index < -0.39 is 10.0 Å². The van der Waals surface area contributed by atoms with E-state index in [2.05, 4.69) is 5.32 Å². The van der Waals surface area contributed by atoms with Crippen molar-refractivity contribution in [1.82, 2.24) is 4.31 Å². The van der Waals surface area contributed by atoms with E-state index in [-0.39, 0.29) is 23.3 Å². The zero-order valence-electron chi connectivity index (χ0n) is 17.4. The van der Waals surface area contributed by atoms with Crippen molar-refractivity contribution in [2.45, 2.75) is 37.7 Å². The third-order valence-corrected chi connectivity index (χ3v) is 5.97. The molecule has 0 unspecified atom stereocenters. The van der Waals surface area contributed by atoms with Crippen LogP contribution in [0.5, 0.6) is 11.5 Å². The molecule has 0 saturated heterocycles. The Morgan fingerprint density at radius 1 is 1.10 bits per heavy atom. The van der Waals surface area contributed by atoms with Gasteiger partial charge in [0, 0.05) is 26.2 Å². The summed E-state index contributed by atoms with van der Waals surface area (Å²) >= 11 is 0. The number of carbonyl (C=O) groups is 1. The number of nitrogens with one attached hydrogen (secondary N) is 1. The smallest absolute Gasteiger partial charge is 0.242 e. The molecule has 2 aromatic carbocycles. The first-order chi connectivity index (χ1) is 13.6. The van der Waals surface area contributed by atoms with Crippen LogP contribution in [0.25, 0.3) is 0 Å². The average molecular weight is 421 g/mol. The molecule has 1 N–H and O–H groups in total. The number of hydrogen-bond donors (Lipinski definition) is 1. The van der Waals surface area contributed by atoms with E-state index in [9.17, 15) is 13.2 Å². The first-order valence-electron chi connectivity index (χ1n) is 9.29. The maximum atomic E-state index is 12.4. The Morgan fingerprint density at radius 3 is 2.31 bits per heavy atom. The Balaban J connectivity index is 2.05. The molecule has 0 aliphatic carbocycles. The van der Waals surface area contributed by atoms with E-state index >= 15 is 0 Å². The lowest BCUT2D eigenvalue weighted by atomic mass is 10.1. The van der Waals surface area contributed by atoms with E-state index in [4.69, 9.17) is 9.47 Å². The molecule has 0 radical (unpaired) electrons. The Bertz CT molecular complexity index is 938. The summed E-state index contributed by atoms with van der Waals surface area (Å²) in [6.45, 7) is 3.89. The summed E-state index contributed by atoms with van der Waals surface area (Å²) in [7, 11) is 0.907. The third kappa shape index (κ3) is 6.20. The van der Waals surface area contributed by atoms with Gasteiger partial charge in [0.2, 0.25) is 15.9 Å². The number of carbonyl (C=O) groups excluding carboxylic acids is 1. The lowest BCUT2D eigenvalue weighted by Gasteiger charge is -2.14. The molecule has 2 aromatic rings. The van der Waals surface area contributed by atoms with Gasteiger partial charge < -0.3 is 14.8 Å². The van der Waals surface area contributed by atoms with Crippen LogP contribution in [0.4, 0.5) is 5.69 Å². The molecule has 0 aliphatic rings. The van der Waals surface area contributed by atoms with Crippen LogP contribution in [0.3, 0.4) is 0 Å². The van der Waals surface area contributed by atoms with Crippen molar-refractivity contribution >= 4 is 21.6 Å². The van der Waals surface area contributed by atoms with Gasteiger partial charge in [-0.3, -0.25) is 4.79 Å². The Labute approximate surface area is 172 Å². The number of rotatable bonds is 9. The van der Waals surface area contributed by atoms with Gasteiger partial charge in [-0.2, -0.15) is 0 Å². The maximum absolute atomic E-state index is 12.4. The van der Waals surface area contributed by atoms with Gasteiger partial charge in [0.15, 0.2) is 0 Å². The van der Waals surface area contributed by atoms with Crippen LogP contribution >= 0.6 is 0 Å². The van der Waals surface area contributed by atoms with Crippen molar-refractivity contribution in [3.8, 4) is 11.5 Å². The minimum absolute atomic E-state index is 0.0810. The predicted octanol–water partition coefficient (Wildman–Crippen LogP) is 3.30. The van der Waals surface area contributed by atoms with Crippen LogP contribution in [0.15, 0.2) is 47.4 Å². The molecule has 1 amide bonds. The molecule has 2 rings (SSSR count). The van der Waals surface area contributed by atoms with Gasteiger partial charge in [-0.1, -0.05) is 0 Å². The van der Waals surface area contributed by atoms with E-state index in [0.717, 1.165) is 10.1 Å². The average Bonchev–Trinajstić information content (AvgIpc) is 2.67. The van der Waals surface area contributed by atoms with Crippen LogP contribution in [0.1, 0.15) is 25.8 Å². The number of sulfonamides is 1. The van der Waals surface area contributed by atoms with Crippen molar-refractivity contribution in [3.05, 3.63) is 48.0 Å². The number of ether oxygens (including phenoxy) is 2. The van der Waals surface area contributed by atoms with Crippen molar-refractivity contribution in [2.75, 3.05) is 26.5 Å². The van der Waals surface area contributed by atoms with E-state index in [0.29, 0.717) is 23.4 Å². The van der Waals surface area contributed by atoms with Gasteiger partial charge in [0.05, 0.1) is 18.1 Å². The third-order valence-electron chi connectivity index (χ3n) is 4.16. The van der Waals surface area contributed by atoms with Crippen LogP contribution in [0.2, 0.25) is 0 Å². The van der Waals surface area contributed by atoms with Crippen molar-refractivity contribution in [2.24, 2.45) is 0 Å². The Kier molecular flexibility index (Phi) is 7.64. The maximum Gasteiger partial charge on any atom is 0.242 e. The molecule has 0 bridgehead atoms. The number of anilines is 1. The molecule has 7 nitrogen and oxygen atoms in total. The second-order valence-corrected chi connectivity index (χ2v) is 9.15. The molecule has 0 saturated carbocycles. The quantitative estimate of drug-likeness (QED) is 0.673. The highest BCUT2D eigenvalue weighted by molar-refractivity contribution is 7.89. The highest BCUT2D eigenvalue weighted by atomic mass is 32.2. The van der Waals surface area contributed by atoms with E-state index in [1.165, 1.54) is 27.3 Å². The lowest BCUT2D eigenvalue weighted by molar-refractivity contribution is -0.116. The van der Waals surface area contributed by atoms with Gasteiger partial charge in [-0.05, 0) is 68.3 Å². The van der Waals surface area contributed by atoms with Crippen LogP contribution in [-0.2, 0) is 21.2 Å². The van der Waals surface area contributed by atoms with Crippen LogP contribution in [-0.4, -0.2) is 45.9 Å². The standard InChI is InChI=1S/C21H28N2O5S/c1-15(2)28-18-9-7-17(8-10-18)22-21(24)13-6-16-14-19(11-12-20(16)27-5)29(25,26)23(3)4/h7-12,14-15H,6,13H2,1-5H3,(H,22,24). The van der Waals surface area contributed by atoms with Gasteiger partial charge in [-0.15, -0.1) is 0 Å². The second kappa shape index (κ2) is 9.76. The monoisotopic (exact) mass is 420 g/mol. The highest BCUT2D eigenvalue weighted by Gasteiger charge is 2.19. The molecular weight excluding hydrogens is 392 g/mol. The minimum atomic E-state index is -3.56. The molecule has 29 heavy (non-hydrogen) atoms. The molecular formula is C21H28N2O5S. The zero-order chi connectivity index (χ0) is 21.6. The molecule has 8 heteroatoms. The van der Waals surface area contributed by atoms with Crippen molar-refractivity contribution in [3.63, 3.8) is 0 Å². The number of aryl methyl sites for hydroxylation is 1. The van der Waals surface area contributed by atoms with Crippen molar-refractivity contribution in [1.29, 1.82) is 0 Å². The summed E-state index contributed by atoms with van der Waals surface area (Å²) < 4.78 is 36.8. The topological polar surface area (TPSA) is 84.9 Å². The summed E-state index contributed by atoms with van der Waals surface area (Å²) in [6, 6.07) is 11.8. The van der Waals surface area contributed by atoms with Crippen molar-refractivity contribution < 1.29 is 22.7 Å². The molecule has 158 valence electrons. The normalized spacial score (nSPS) is 11.6. The number of amides is 1. The van der Waals surface area contributed by atoms with Gasteiger partial charge in [-0.25, -0.2) is 12.7 Å². The summed E-state index contributed by atoms with van der Waals surface area (Å²) in [4.78, 5) is 12.5. The summed E-state index contributed by atoms with van der Waals surface area (Å²) in [5.41, 5.74) is 1.33. The van der Waals surface area contributed by atoms with Crippen LogP contribution in [0, 0.1) is 0 Å². The fraction of sp³-hybridized carbons (Fsp3) is 0.381. The van der Waals surface area contributed by atoms with E-state index in [1.807, 2.05) is 13.8 Å². The Hall–Kier alpha value is -2.58. The number of nitrogens with zero attached hydrogens (tertiary/aromatic N) is 1. The molecule has 0 aromatic heterocycles. The Morgan fingerprint density at radius 2 is 1.76 bits per heavy atom. The number of benzene rings is 2. The van der Waals surface area contributed by atoms with E-state index in [1.54, 1.807) is 36.4 Å². The first kappa shape index (κ1) is 22.7. The minimum Gasteiger partial charge on any atom is -0.496 e. The molecule has 0 heterocycles. The summed E-state index contributed by atoms with van der Waals surface area (Å²) in [5, 5.41) is 2.83. The SMILES string of the molecule is COc1ccc(S(=O)(=O)N(C)C)cc1CCC(=O)Nc1ccc(OC(C)C)cc1.